The predicted molar refractivity (Wildman–Crippen MR) is 125 cm³/mol. The number of para-hydroxylation sites is 1. The maximum atomic E-state index is 11.9. The van der Waals surface area contributed by atoms with Crippen LogP contribution in [-0.2, 0) is 4.79 Å². The Kier molecular flexibility index (Phi) is 5.07. The Morgan fingerprint density at radius 1 is 1.14 bits per heavy atom. The van der Waals surface area contributed by atoms with Gasteiger partial charge in [-0.3, -0.25) is 4.79 Å². The zero-order valence-corrected chi connectivity index (χ0v) is 18.0. The number of piperidine rings is 1. The van der Waals surface area contributed by atoms with E-state index < -0.39 is 0 Å². The van der Waals surface area contributed by atoms with E-state index in [1.165, 1.54) is 31.0 Å². The number of rotatable bonds is 3. The van der Waals surface area contributed by atoms with Crippen molar-refractivity contribution in [1.29, 1.82) is 0 Å². The highest BCUT2D eigenvalue weighted by Gasteiger charge is 2.22. The molecule has 4 heterocycles. The number of anilines is 1. The Balaban J connectivity index is 1.54. The molecule has 2 aromatic heterocycles. The fourth-order valence-electron chi connectivity index (χ4n) is 3.63. The van der Waals surface area contributed by atoms with E-state index >= 15 is 0 Å². The molecule has 0 saturated carbocycles. The summed E-state index contributed by atoms with van der Waals surface area (Å²) in [5, 5.41) is 5.80. The zero-order valence-electron chi connectivity index (χ0n) is 15.6. The summed E-state index contributed by atoms with van der Waals surface area (Å²) in [4.78, 5) is 25.7. The number of hydrogen-bond donors (Lipinski definition) is 1. The summed E-state index contributed by atoms with van der Waals surface area (Å²) in [5.74, 6) is 1.61. The summed E-state index contributed by atoms with van der Waals surface area (Å²) in [6.45, 7) is 2.07. The van der Waals surface area contributed by atoms with E-state index in [1.807, 2.05) is 35.7 Å². The molecular formula is C21H18N4OS3. The van der Waals surface area contributed by atoms with Crippen molar-refractivity contribution in [3.63, 3.8) is 0 Å². The molecular weight excluding hydrogens is 420 g/mol. The largest absolute Gasteiger partial charge is 0.356 e. The average molecular weight is 439 g/mol. The molecule has 2 fully saturated rings. The van der Waals surface area contributed by atoms with Crippen molar-refractivity contribution in [1.82, 2.24) is 15.3 Å². The summed E-state index contributed by atoms with van der Waals surface area (Å²) in [5.41, 5.74) is 1.93. The lowest BCUT2D eigenvalue weighted by Crippen LogP contribution is -2.30. The van der Waals surface area contributed by atoms with Gasteiger partial charge in [-0.25, -0.2) is 9.97 Å². The van der Waals surface area contributed by atoms with E-state index in [0.717, 1.165) is 46.1 Å². The van der Waals surface area contributed by atoms with Gasteiger partial charge in [0, 0.05) is 34.3 Å². The summed E-state index contributed by atoms with van der Waals surface area (Å²) in [6, 6.07) is 10.2. The van der Waals surface area contributed by atoms with Gasteiger partial charge in [-0.15, -0.1) is 11.3 Å². The Bertz CT molecular complexity index is 1150. The quantitative estimate of drug-likeness (QED) is 0.467. The molecule has 0 aliphatic carbocycles. The smallest absolute Gasteiger partial charge is 0.263 e. The van der Waals surface area contributed by atoms with Gasteiger partial charge in [0.25, 0.3) is 5.91 Å². The summed E-state index contributed by atoms with van der Waals surface area (Å²) >= 11 is 7.93. The molecule has 0 radical (unpaired) electrons. The van der Waals surface area contributed by atoms with Crippen LogP contribution in [0.4, 0.5) is 5.82 Å². The molecule has 2 aliphatic rings. The molecule has 1 N–H and O–H groups in total. The fourth-order valence-corrected chi connectivity index (χ4v) is 5.56. The molecule has 0 unspecified atom stereocenters. The van der Waals surface area contributed by atoms with Crippen LogP contribution in [0.3, 0.4) is 0 Å². The number of carbonyl (C=O) groups excluding carboxylic acids is 1. The van der Waals surface area contributed by atoms with E-state index in [4.69, 9.17) is 22.2 Å². The van der Waals surface area contributed by atoms with Crippen LogP contribution >= 0.6 is 35.3 Å². The number of hydrogen-bond acceptors (Lipinski definition) is 7. The number of aromatic nitrogens is 2. The van der Waals surface area contributed by atoms with Crippen LogP contribution in [0, 0.1) is 0 Å². The fraction of sp³-hybridized carbons (Fsp3) is 0.238. The molecule has 0 spiro atoms. The van der Waals surface area contributed by atoms with E-state index in [0.29, 0.717) is 9.23 Å². The lowest BCUT2D eigenvalue weighted by Gasteiger charge is -2.28. The van der Waals surface area contributed by atoms with Crippen molar-refractivity contribution >= 4 is 68.3 Å². The van der Waals surface area contributed by atoms with E-state index in [-0.39, 0.29) is 5.91 Å². The molecule has 8 heteroatoms. The normalized spacial score (nSPS) is 18.6. The topological polar surface area (TPSA) is 58.1 Å². The monoisotopic (exact) mass is 438 g/mol. The van der Waals surface area contributed by atoms with E-state index in [2.05, 4.69) is 16.3 Å². The lowest BCUT2D eigenvalue weighted by molar-refractivity contribution is -0.115. The van der Waals surface area contributed by atoms with Crippen molar-refractivity contribution in [2.24, 2.45) is 0 Å². The number of amides is 1. The van der Waals surface area contributed by atoms with Gasteiger partial charge in [0.15, 0.2) is 5.82 Å². The molecule has 5 rings (SSSR count). The van der Waals surface area contributed by atoms with E-state index in [9.17, 15) is 4.79 Å². The Labute approximate surface area is 182 Å². The number of thioether (sulfide) groups is 1. The van der Waals surface area contributed by atoms with Crippen molar-refractivity contribution < 1.29 is 4.79 Å². The van der Waals surface area contributed by atoms with Gasteiger partial charge in [-0.05, 0) is 43.5 Å². The summed E-state index contributed by atoms with van der Waals surface area (Å²) in [6.07, 6.45) is 5.56. The first-order valence-corrected chi connectivity index (χ1v) is 11.6. The Hall–Kier alpha value is -2.29. The first kappa shape index (κ1) is 18.7. The van der Waals surface area contributed by atoms with Crippen LogP contribution in [0.5, 0.6) is 0 Å². The number of thiocarbonyl (C=S) groups is 1. The number of thiophene rings is 1. The van der Waals surface area contributed by atoms with Crippen LogP contribution in [0.15, 0.2) is 40.6 Å². The summed E-state index contributed by atoms with van der Waals surface area (Å²) < 4.78 is 0.502. The van der Waals surface area contributed by atoms with Gasteiger partial charge in [-0.1, -0.05) is 36.1 Å². The maximum absolute atomic E-state index is 11.9. The number of nitrogens with one attached hydrogen (secondary N) is 1. The minimum absolute atomic E-state index is 0.135. The molecule has 5 nitrogen and oxygen atoms in total. The molecule has 3 aromatic rings. The second-order valence-corrected chi connectivity index (χ2v) is 9.69. The van der Waals surface area contributed by atoms with E-state index in [1.54, 1.807) is 11.3 Å². The highest BCUT2D eigenvalue weighted by atomic mass is 32.2. The molecule has 1 amide bonds. The molecule has 146 valence electrons. The van der Waals surface area contributed by atoms with Crippen LogP contribution in [0.25, 0.3) is 28.4 Å². The molecule has 0 atom stereocenters. The third-order valence-corrected chi connectivity index (χ3v) is 7.07. The molecule has 1 aromatic carbocycles. The van der Waals surface area contributed by atoms with Crippen molar-refractivity contribution in [2.45, 2.75) is 19.3 Å². The number of carbonyl (C=O) groups is 1. The average Bonchev–Trinajstić information content (AvgIpc) is 3.34. The SMILES string of the molecule is O=C1NC(=S)S/C1=C\c1cc(-c2nc(N3CCCCC3)c3ccccc3n2)cs1. The van der Waals surface area contributed by atoms with Crippen LogP contribution in [0.2, 0.25) is 0 Å². The van der Waals surface area contributed by atoms with Gasteiger partial charge >= 0.3 is 0 Å². The lowest BCUT2D eigenvalue weighted by atomic mass is 10.1. The van der Waals surface area contributed by atoms with Crippen LogP contribution in [0.1, 0.15) is 24.1 Å². The second-order valence-electron chi connectivity index (χ2n) is 7.03. The Morgan fingerprint density at radius 3 is 2.76 bits per heavy atom. The van der Waals surface area contributed by atoms with Gasteiger partial charge in [-0.2, -0.15) is 0 Å². The van der Waals surface area contributed by atoms with Crippen molar-refractivity contribution in [3.8, 4) is 11.4 Å². The molecule has 0 bridgehead atoms. The van der Waals surface area contributed by atoms with Gasteiger partial charge in [0.2, 0.25) is 0 Å². The minimum Gasteiger partial charge on any atom is -0.356 e. The first-order valence-electron chi connectivity index (χ1n) is 9.53. The molecule has 2 aliphatic heterocycles. The van der Waals surface area contributed by atoms with Gasteiger partial charge < -0.3 is 10.2 Å². The zero-order chi connectivity index (χ0) is 19.8. The van der Waals surface area contributed by atoms with Crippen LogP contribution < -0.4 is 10.2 Å². The van der Waals surface area contributed by atoms with Crippen molar-refractivity contribution in [2.75, 3.05) is 18.0 Å². The standard InChI is InChI=1S/C21H18N4OS3/c26-20-17(29-21(27)24-20)11-14-10-13(12-28-14)18-22-16-7-3-2-6-15(16)19(23-18)25-8-4-1-5-9-25/h2-3,6-7,10-12H,1,4-5,8-9H2,(H,24,26,27)/b17-11-. The maximum Gasteiger partial charge on any atom is 0.263 e. The minimum atomic E-state index is -0.135. The third-order valence-electron chi connectivity index (χ3n) is 5.03. The second kappa shape index (κ2) is 7.85. The third kappa shape index (κ3) is 3.80. The first-order chi connectivity index (χ1) is 14.2. The summed E-state index contributed by atoms with van der Waals surface area (Å²) in [7, 11) is 0. The molecule has 29 heavy (non-hydrogen) atoms. The van der Waals surface area contributed by atoms with Gasteiger partial charge in [0.05, 0.1) is 10.4 Å². The Morgan fingerprint density at radius 2 is 1.97 bits per heavy atom. The van der Waals surface area contributed by atoms with Crippen LogP contribution in [-0.4, -0.2) is 33.3 Å². The number of nitrogens with zero attached hydrogens (tertiary/aromatic N) is 3. The predicted octanol–water partition coefficient (Wildman–Crippen LogP) is 4.84. The number of benzene rings is 1. The molecule has 2 saturated heterocycles. The highest BCUT2D eigenvalue weighted by molar-refractivity contribution is 8.26. The van der Waals surface area contributed by atoms with Crippen molar-refractivity contribution in [3.05, 3.63) is 45.5 Å². The van der Waals surface area contributed by atoms with Gasteiger partial charge in [0.1, 0.15) is 10.1 Å². The highest BCUT2D eigenvalue weighted by Crippen LogP contribution is 2.33. The number of fused-ring (bicyclic) bond motifs is 1.